The lowest BCUT2D eigenvalue weighted by Crippen LogP contribution is -2.43. The van der Waals surface area contributed by atoms with Crippen LogP contribution in [0.3, 0.4) is 0 Å². The van der Waals surface area contributed by atoms with Crippen LogP contribution in [0.5, 0.6) is 0 Å². The van der Waals surface area contributed by atoms with Crippen molar-refractivity contribution in [1.29, 1.82) is 0 Å². The smallest absolute Gasteiger partial charge is 0.338 e. The number of halogens is 1. The quantitative estimate of drug-likeness (QED) is 0.612. The summed E-state index contributed by atoms with van der Waals surface area (Å²) < 4.78 is 18.5. The van der Waals surface area contributed by atoms with Crippen LogP contribution in [-0.2, 0) is 22.6 Å². The van der Waals surface area contributed by atoms with E-state index in [0.717, 1.165) is 43.2 Å². The van der Waals surface area contributed by atoms with Gasteiger partial charge in [-0.3, -0.25) is 4.79 Å². The van der Waals surface area contributed by atoms with Crippen LogP contribution in [0.2, 0.25) is 0 Å². The van der Waals surface area contributed by atoms with E-state index in [4.69, 9.17) is 10.5 Å². The van der Waals surface area contributed by atoms with Crippen LogP contribution in [0, 0.1) is 5.82 Å². The molecule has 1 aliphatic rings. The van der Waals surface area contributed by atoms with Gasteiger partial charge in [0.1, 0.15) is 5.82 Å². The molecule has 0 saturated heterocycles. The van der Waals surface area contributed by atoms with Crippen molar-refractivity contribution in [2.75, 3.05) is 6.61 Å². The highest BCUT2D eigenvalue weighted by molar-refractivity contribution is 5.91. The molecule has 0 aliphatic heterocycles. The van der Waals surface area contributed by atoms with E-state index in [1.807, 2.05) is 0 Å². The second-order valence-corrected chi connectivity index (χ2v) is 7.93. The molecule has 0 unspecified atom stereocenters. The highest BCUT2D eigenvalue weighted by Crippen LogP contribution is 2.24. The Hall–Kier alpha value is -3.42. The summed E-state index contributed by atoms with van der Waals surface area (Å²) in [6.45, 7) is 0.243. The van der Waals surface area contributed by atoms with E-state index in [9.17, 15) is 18.8 Å². The van der Waals surface area contributed by atoms with E-state index >= 15 is 0 Å². The fraction of sp³-hybridized carbons (Fsp3) is 0.375. The van der Waals surface area contributed by atoms with Crippen molar-refractivity contribution < 1.29 is 23.5 Å². The Morgan fingerprint density at radius 1 is 0.969 bits per heavy atom. The summed E-state index contributed by atoms with van der Waals surface area (Å²) >= 11 is 0. The first-order valence-electron chi connectivity index (χ1n) is 10.8. The molecule has 7 nitrogen and oxygen atoms in total. The molecule has 170 valence electrons. The third kappa shape index (κ3) is 6.80. The number of nitrogens with zero attached hydrogens (tertiary/aromatic N) is 1. The van der Waals surface area contributed by atoms with E-state index in [-0.39, 0.29) is 30.9 Å². The monoisotopic (exact) mass is 441 g/mol. The highest BCUT2D eigenvalue weighted by atomic mass is 19.1. The Morgan fingerprint density at radius 2 is 1.59 bits per heavy atom. The number of benzene rings is 2. The summed E-state index contributed by atoms with van der Waals surface area (Å²) in [7, 11) is 0. The maximum atomic E-state index is 13.2. The van der Waals surface area contributed by atoms with Gasteiger partial charge in [0.15, 0.2) is 6.61 Å². The number of primary amides is 1. The average Bonchev–Trinajstić information content (AvgIpc) is 2.81. The largest absolute Gasteiger partial charge is 0.452 e. The molecule has 8 heteroatoms. The van der Waals surface area contributed by atoms with Crippen LogP contribution >= 0.6 is 0 Å². The highest BCUT2D eigenvalue weighted by Gasteiger charge is 2.26. The molecule has 0 bridgehead atoms. The molecule has 1 aliphatic carbocycles. The summed E-state index contributed by atoms with van der Waals surface area (Å²) in [5.41, 5.74) is 6.96. The number of ether oxygens (including phenoxy) is 1. The minimum absolute atomic E-state index is 0.0806. The molecule has 32 heavy (non-hydrogen) atoms. The number of rotatable bonds is 8. The van der Waals surface area contributed by atoms with E-state index < -0.39 is 12.0 Å². The number of urea groups is 1. The Kier molecular flexibility index (Phi) is 8.19. The SMILES string of the molecule is NC(=O)NCc1ccc(C(=O)OCC(=O)N(Cc2ccc(F)cc2)C2CCCCC2)cc1. The van der Waals surface area contributed by atoms with Crippen molar-refractivity contribution in [3.63, 3.8) is 0 Å². The van der Waals surface area contributed by atoms with Crippen LogP contribution in [0.25, 0.3) is 0 Å². The van der Waals surface area contributed by atoms with Gasteiger partial charge >= 0.3 is 12.0 Å². The van der Waals surface area contributed by atoms with Crippen molar-refractivity contribution in [1.82, 2.24) is 10.2 Å². The van der Waals surface area contributed by atoms with Gasteiger partial charge in [-0.05, 0) is 48.2 Å². The molecule has 0 spiro atoms. The summed E-state index contributed by atoms with van der Waals surface area (Å²) in [5.74, 6) is -1.19. The number of amides is 3. The first kappa shape index (κ1) is 23.2. The number of carbonyl (C=O) groups is 3. The third-order valence-corrected chi connectivity index (χ3v) is 5.59. The minimum Gasteiger partial charge on any atom is -0.452 e. The lowest BCUT2D eigenvalue weighted by molar-refractivity contribution is -0.138. The van der Waals surface area contributed by atoms with Crippen LogP contribution in [0.15, 0.2) is 48.5 Å². The molecule has 0 heterocycles. The Balaban J connectivity index is 1.60. The lowest BCUT2D eigenvalue weighted by Gasteiger charge is -2.34. The zero-order valence-electron chi connectivity index (χ0n) is 17.9. The maximum Gasteiger partial charge on any atom is 0.338 e. The van der Waals surface area contributed by atoms with Gasteiger partial charge in [0, 0.05) is 19.1 Å². The van der Waals surface area contributed by atoms with Crippen LogP contribution in [-0.4, -0.2) is 35.5 Å². The van der Waals surface area contributed by atoms with Gasteiger partial charge in [-0.1, -0.05) is 43.5 Å². The summed E-state index contributed by atoms with van der Waals surface area (Å²) in [6, 6.07) is 12.0. The normalized spacial score (nSPS) is 13.9. The minimum atomic E-state index is -0.629. The second kappa shape index (κ2) is 11.3. The summed E-state index contributed by atoms with van der Waals surface area (Å²) in [5, 5.41) is 2.47. The van der Waals surface area contributed by atoms with Gasteiger partial charge in [0.25, 0.3) is 5.91 Å². The molecular formula is C24H28FN3O4. The zero-order chi connectivity index (χ0) is 22.9. The number of esters is 1. The number of hydrogen-bond donors (Lipinski definition) is 2. The van der Waals surface area contributed by atoms with Gasteiger partial charge in [0.2, 0.25) is 0 Å². The average molecular weight is 442 g/mol. The second-order valence-electron chi connectivity index (χ2n) is 7.93. The van der Waals surface area contributed by atoms with Crippen molar-refractivity contribution in [2.45, 2.75) is 51.2 Å². The van der Waals surface area contributed by atoms with E-state index in [0.29, 0.717) is 12.1 Å². The molecule has 3 amide bonds. The van der Waals surface area contributed by atoms with Gasteiger partial charge in [-0.25, -0.2) is 14.0 Å². The number of nitrogens with two attached hydrogens (primary N) is 1. The van der Waals surface area contributed by atoms with Crippen LogP contribution in [0.4, 0.5) is 9.18 Å². The van der Waals surface area contributed by atoms with Crippen molar-refractivity contribution in [3.8, 4) is 0 Å². The van der Waals surface area contributed by atoms with Crippen molar-refractivity contribution in [3.05, 3.63) is 71.0 Å². The standard InChI is InChI=1S/C24H28FN3O4/c25-20-12-8-18(9-13-20)15-28(21-4-2-1-3-5-21)22(29)16-32-23(30)19-10-6-17(7-11-19)14-27-24(26)31/h6-13,21H,1-5,14-16H2,(H3,26,27,31). The Labute approximate surface area is 186 Å². The van der Waals surface area contributed by atoms with Crippen molar-refractivity contribution in [2.24, 2.45) is 5.73 Å². The molecule has 0 radical (unpaired) electrons. The maximum absolute atomic E-state index is 13.2. The Morgan fingerprint density at radius 3 is 2.22 bits per heavy atom. The number of nitrogens with one attached hydrogen (secondary N) is 1. The van der Waals surface area contributed by atoms with E-state index in [1.165, 1.54) is 12.1 Å². The predicted molar refractivity (Wildman–Crippen MR) is 117 cm³/mol. The topological polar surface area (TPSA) is 102 Å². The molecule has 3 rings (SSSR count). The molecule has 0 aromatic heterocycles. The first-order chi connectivity index (χ1) is 15.4. The molecule has 0 atom stereocenters. The summed E-state index contributed by atoms with van der Waals surface area (Å²) in [6.07, 6.45) is 5.06. The predicted octanol–water partition coefficient (Wildman–Crippen LogP) is 3.51. The molecule has 1 fully saturated rings. The lowest BCUT2D eigenvalue weighted by atomic mass is 9.93. The van der Waals surface area contributed by atoms with Crippen molar-refractivity contribution >= 4 is 17.9 Å². The molecular weight excluding hydrogens is 413 g/mol. The summed E-state index contributed by atoms with van der Waals surface area (Å²) in [4.78, 5) is 37.9. The van der Waals surface area contributed by atoms with E-state index in [2.05, 4.69) is 5.32 Å². The molecule has 2 aromatic rings. The van der Waals surface area contributed by atoms with Crippen LogP contribution in [0.1, 0.15) is 53.6 Å². The van der Waals surface area contributed by atoms with E-state index in [1.54, 1.807) is 41.3 Å². The van der Waals surface area contributed by atoms with Gasteiger partial charge < -0.3 is 20.7 Å². The van der Waals surface area contributed by atoms with Gasteiger partial charge in [0.05, 0.1) is 5.56 Å². The third-order valence-electron chi connectivity index (χ3n) is 5.59. The molecule has 1 saturated carbocycles. The molecule has 2 aromatic carbocycles. The number of hydrogen-bond acceptors (Lipinski definition) is 4. The van der Waals surface area contributed by atoms with Gasteiger partial charge in [-0.2, -0.15) is 0 Å². The number of carbonyl (C=O) groups excluding carboxylic acids is 3. The fourth-order valence-electron chi connectivity index (χ4n) is 3.84. The fourth-order valence-corrected chi connectivity index (χ4v) is 3.84. The molecule has 3 N–H and O–H groups in total. The Bertz CT molecular complexity index is 925. The zero-order valence-corrected chi connectivity index (χ0v) is 17.9. The van der Waals surface area contributed by atoms with Crippen LogP contribution < -0.4 is 11.1 Å². The first-order valence-corrected chi connectivity index (χ1v) is 10.8. The van der Waals surface area contributed by atoms with Gasteiger partial charge in [-0.15, -0.1) is 0 Å².